The minimum absolute atomic E-state index is 0.140. The van der Waals surface area contributed by atoms with E-state index in [0.717, 1.165) is 52.0 Å². The molecule has 5 nitrogen and oxygen atoms in total. The van der Waals surface area contributed by atoms with E-state index in [1.807, 2.05) is 0 Å². The second-order valence-corrected chi connectivity index (χ2v) is 8.30. The molecule has 0 spiro atoms. The standard InChI is InChI=1S/C23H37N3O2/c1-3-19-6-8-20(9-7-19)17-25-14-10-22(11-15-25)26-13-4-5-21(18-26)23(27)24-12-16-28-2/h6-9,21-22H,3-5,10-18H2,1-2H3,(H,24,27)/t21-/m0/s1. The molecule has 5 heteroatoms. The molecule has 0 saturated carbocycles. The zero-order valence-corrected chi connectivity index (χ0v) is 17.7. The van der Waals surface area contributed by atoms with E-state index in [4.69, 9.17) is 4.74 Å². The molecule has 0 unspecified atom stereocenters. The zero-order valence-electron chi connectivity index (χ0n) is 17.7. The van der Waals surface area contributed by atoms with Crippen LogP contribution in [0.1, 0.15) is 43.7 Å². The lowest BCUT2D eigenvalue weighted by atomic mass is 9.93. The monoisotopic (exact) mass is 387 g/mol. The van der Waals surface area contributed by atoms with Gasteiger partial charge >= 0.3 is 0 Å². The Kier molecular flexibility index (Phi) is 8.31. The number of benzene rings is 1. The second-order valence-electron chi connectivity index (χ2n) is 8.30. The fourth-order valence-corrected chi connectivity index (χ4v) is 4.55. The summed E-state index contributed by atoms with van der Waals surface area (Å²) in [5.74, 6) is 0.343. The maximum atomic E-state index is 12.4. The molecule has 2 aliphatic rings. The van der Waals surface area contributed by atoms with Crippen molar-refractivity contribution in [2.45, 2.75) is 51.6 Å². The molecule has 1 aromatic carbocycles. The van der Waals surface area contributed by atoms with Crippen molar-refractivity contribution < 1.29 is 9.53 Å². The number of likely N-dealkylation sites (tertiary alicyclic amines) is 2. The van der Waals surface area contributed by atoms with E-state index in [2.05, 4.69) is 46.3 Å². The molecule has 1 atom stereocenters. The predicted molar refractivity (Wildman–Crippen MR) is 113 cm³/mol. The summed E-state index contributed by atoms with van der Waals surface area (Å²) in [6, 6.07) is 9.71. The summed E-state index contributed by atoms with van der Waals surface area (Å²) in [4.78, 5) is 17.6. The van der Waals surface area contributed by atoms with Gasteiger partial charge in [-0.25, -0.2) is 0 Å². The lowest BCUT2D eigenvalue weighted by molar-refractivity contribution is -0.127. The van der Waals surface area contributed by atoms with Crippen molar-refractivity contribution in [3.63, 3.8) is 0 Å². The maximum Gasteiger partial charge on any atom is 0.224 e. The summed E-state index contributed by atoms with van der Waals surface area (Å²) < 4.78 is 5.03. The van der Waals surface area contributed by atoms with E-state index in [9.17, 15) is 4.79 Å². The highest BCUT2D eigenvalue weighted by molar-refractivity contribution is 5.78. The molecule has 2 heterocycles. The molecule has 156 valence electrons. The molecule has 28 heavy (non-hydrogen) atoms. The SMILES string of the molecule is CCc1ccc(CN2CCC(N3CCC[C@H](C(=O)NCCOC)C3)CC2)cc1. The van der Waals surface area contributed by atoms with Crippen LogP contribution in [-0.4, -0.2) is 68.2 Å². The van der Waals surface area contributed by atoms with Gasteiger partial charge in [0.05, 0.1) is 12.5 Å². The van der Waals surface area contributed by atoms with Gasteiger partial charge in [0.15, 0.2) is 0 Å². The molecule has 1 aromatic rings. The fourth-order valence-electron chi connectivity index (χ4n) is 4.55. The number of hydrogen-bond acceptors (Lipinski definition) is 4. The van der Waals surface area contributed by atoms with Crippen LogP contribution in [0.5, 0.6) is 0 Å². The Morgan fingerprint density at radius 1 is 1.11 bits per heavy atom. The van der Waals surface area contributed by atoms with E-state index in [-0.39, 0.29) is 11.8 Å². The third kappa shape index (κ3) is 6.03. The van der Waals surface area contributed by atoms with Crippen LogP contribution in [0.3, 0.4) is 0 Å². The highest BCUT2D eigenvalue weighted by atomic mass is 16.5. The average Bonchev–Trinajstić information content (AvgIpc) is 2.75. The Balaban J connectivity index is 1.42. The van der Waals surface area contributed by atoms with Crippen molar-refractivity contribution in [3.8, 4) is 0 Å². The van der Waals surface area contributed by atoms with Gasteiger partial charge in [0.25, 0.3) is 0 Å². The number of piperidine rings is 2. The first-order chi connectivity index (χ1) is 13.7. The Hall–Kier alpha value is -1.43. The van der Waals surface area contributed by atoms with Crippen molar-refractivity contribution in [1.82, 2.24) is 15.1 Å². The molecule has 2 saturated heterocycles. The number of ether oxygens (including phenoxy) is 1. The minimum Gasteiger partial charge on any atom is -0.383 e. The molecule has 1 amide bonds. The number of methoxy groups -OCH3 is 1. The van der Waals surface area contributed by atoms with E-state index in [1.165, 1.54) is 24.0 Å². The normalized spacial score (nSPS) is 22.3. The van der Waals surface area contributed by atoms with E-state index >= 15 is 0 Å². The van der Waals surface area contributed by atoms with Gasteiger partial charge < -0.3 is 10.1 Å². The van der Waals surface area contributed by atoms with Gasteiger partial charge in [0, 0.05) is 32.8 Å². The number of nitrogens with one attached hydrogen (secondary N) is 1. The molecule has 0 radical (unpaired) electrons. The van der Waals surface area contributed by atoms with Crippen LogP contribution < -0.4 is 5.32 Å². The molecule has 0 aliphatic carbocycles. The Labute approximate surface area is 170 Å². The highest BCUT2D eigenvalue weighted by Gasteiger charge is 2.31. The smallest absolute Gasteiger partial charge is 0.224 e. The van der Waals surface area contributed by atoms with Gasteiger partial charge in [0.2, 0.25) is 5.91 Å². The van der Waals surface area contributed by atoms with Crippen LogP contribution in [0.4, 0.5) is 0 Å². The van der Waals surface area contributed by atoms with E-state index in [0.29, 0.717) is 19.2 Å². The molecule has 0 aromatic heterocycles. The minimum atomic E-state index is 0.140. The fraction of sp³-hybridized carbons (Fsp3) is 0.696. The molecule has 1 N–H and O–H groups in total. The van der Waals surface area contributed by atoms with E-state index in [1.54, 1.807) is 7.11 Å². The summed E-state index contributed by atoms with van der Waals surface area (Å²) in [5.41, 5.74) is 2.83. The molecular weight excluding hydrogens is 350 g/mol. The largest absolute Gasteiger partial charge is 0.383 e. The number of amides is 1. The number of carbonyl (C=O) groups is 1. The van der Waals surface area contributed by atoms with Crippen LogP contribution >= 0.6 is 0 Å². The molecule has 3 rings (SSSR count). The van der Waals surface area contributed by atoms with Crippen LogP contribution in [0.25, 0.3) is 0 Å². The summed E-state index contributed by atoms with van der Waals surface area (Å²) in [5, 5.41) is 3.02. The molecule has 2 aliphatic heterocycles. The Morgan fingerprint density at radius 2 is 1.82 bits per heavy atom. The molecule has 0 bridgehead atoms. The highest BCUT2D eigenvalue weighted by Crippen LogP contribution is 2.24. The number of aryl methyl sites for hydroxylation is 1. The summed E-state index contributed by atoms with van der Waals surface area (Å²) in [7, 11) is 1.67. The summed E-state index contributed by atoms with van der Waals surface area (Å²) >= 11 is 0. The van der Waals surface area contributed by atoms with Gasteiger partial charge in [0.1, 0.15) is 0 Å². The van der Waals surface area contributed by atoms with Crippen LogP contribution in [-0.2, 0) is 22.5 Å². The predicted octanol–water partition coefficient (Wildman–Crippen LogP) is 2.69. The van der Waals surface area contributed by atoms with Crippen LogP contribution in [0, 0.1) is 5.92 Å². The number of hydrogen-bond donors (Lipinski definition) is 1. The number of carbonyl (C=O) groups excluding carboxylic acids is 1. The quantitative estimate of drug-likeness (QED) is 0.697. The lowest BCUT2D eigenvalue weighted by Gasteiger charge is -2.42. The summed E-state index contributed by atoms with van der Waals surface area (Å²) in [6.45, 7) is 8.83. The van der Waals surface area contributed by atoms with Crippen molar-refractivity contribution in [2.75, 3.05) is 46.4 Å². The average molecular weight is 388 g/mol. The first kappa shape index (κ1) is 21.3. The van der Waals surface area contributed by atoms with Crippen molar-refractivity contribution in [1.29, 1.82) is 0 Å². The van der Waals surface area contributed by atoms with Crippen molar-refractivity contribution >= 4 is 5.91 Å². The zero-order chi connectivity index (χ0) is 19.8. The number of nitrogens with zero attached hydrogens (tertiary/aromatic N) is 2. The van der Waals surface area contributed by atoms with E-state index < -0.39 is 0 Å². The Morgan fingerprint density at radius 3 is 2.50 bits per heavy atom. The molecular formula is C23H37N3O2. The van der Waals surface area contributed by atoms with Gasteiger partial charge in [-0.15, -0.1) is 0 Å². The third-order valence-electron chi connectivity index (χ3n) is 6.34. The van der Waals surface area contributed by atoms with Gasteiger partial charge in [-0.2, -0.15) is 0 Å². The maximum absolute atomic E-state index is 12.4. The van der Waals surface area contributed by atoms with Crippen molar-refractivity contribution in [3.05, 3.63) is 35.4 Å². The lowest BCUT2D eigenvalue weighted by Crippen LogP contribution is -2.50. The van der Waals surface area contributed by atoms with Gasteiger partial charge in [-0.3, -0.25) is 14.6 Å². The van der Waals surface area contributed by atoms with Crippen molar-refractivity contribution in [2.24, 2.45) is 5.92 Å². The third-order valence-corrected chi connectivity index (χ3v) is 6.34. The summed E-state index contributed by atoms with van der Waals surface area (Å²) in [6.07, 6.45) is 5.68. The number of rotatable bonds is 8. The van der Waals surface area contributed by atoms with Gasteiger partial charge in [-0.05, 0) is 62.9 Å². The first-order valence-electron chi connectivity index (χ1n) is 11.0. The van der Waals surface area contributed by atoms with Gasteiger partial charge in [-0.1, -0.05) is 31.2 Å². The van der Waals surface area contributed by atoms with Crippen LogP contribution in [0.2, 0.25) is 0 Å². The Bertz CT molecular complexity index is 596. The second kappa shape index (κ2) is 10.9. The van der Waals surface area contributed by atoms with Crippen LogP contribution in [0.15, 0.2) is 24.3 Å². The molecule has 2 fully saturated rings. The topological polar surface area (TPSA) is 44.8 Å². The first-order valence-corrected chi connectivity index (χ1v) is 11.0.